The number of piperazine rings is 1. The first-order chi connectivity index (χ1) is 12.3. The molecule has 0 spiro atoms. The summed E-state index contributed by atoms with van der Waals surface area (Å²) in [5.74, 6) is 1.52. The van der Waals surface area contributed by atoms with Gasteiger partial charge in [-0.1, -0.05) is 29.5 Å². The first-order valence-electron chi connectivity index (χ1n) is 8.44. The lowest BCUT2D eigenvalue weighted by Crippen LogP contribution is -2.46. The van der Waals surface area contributed by atoms with Crippen LogP contribution < -0.4 is 10.6 Å². The van der Waals surface area contributed by atoms with E-state index in [9.17, 15) is 0 Å². The molecule has 3 heterocycles. The van der Waals surface area contributed by atoms with Crippen molar-refractivity contribution in [3.63, 3.8) is 0 Å². The minimum absolute atomic E-state index is 0.567. The van der Waals surface area contributed by atoms with Crippen LogP contribution in [0.1, 0.15) is 5.69 Å². The second-order valence-corrected chi connectivity index (χ2v) is 6.17. The van der Waals surface area contributed by atoms with Gasteiger partial charge in [0.15, 0.2) is 0 Å². The Kier molecular flexibility index (Phi) is 4.30. The molecule has 4 rings (SSSR count). The maximum absolute atomic E-state index is 5.78. The zero-order valence-electron chi connectivity index (χ0n) is 14.0. The zero-order chi connectivity index (χ0) is 17.1. The van der Waals surface area contributed by atoms with Gasteiger partial charge in [-0.15, -0.1) is 5.10 Å². The molecular formula is C18H21N7. The number of pyridine rings is 1. The monoisotopic (exact) mass is 335 g/mol. The number of nitrogens with two attached hydrogens (primary N) is 1. The van der Waals surface area contributed by atoms with Crippen LogP contribution in [0.15, 0.2) is 54.7 Å². The summed E-state index contributed by atoms with van der Waals surface area (Å²) in [6.45, 7) is 4.61. The Morgan fingerprint density at radius 1 is 0.920 bits per heavy atom. The van der Waals surface area contributed by atoms with Gasteiger partial charge in [0.1, 0.15) is 11.6 Å². The Morgan fingerprint density at radius 2 is 1.72 bits per heavy atom. The summed E-state index contributed by atoms with van der Waals surface area (Å²) < 4.78 is 1.82. The van der Waals surface area contributed by atoms with E-state index in [0.717, 1.165) is 49.9 Å². The molecule has 1 aromatic carbocycles. The van der Waals surface area contributed by atoms with Crippen molar-refractivity contribution in [2.45, 2.75) is 6.54 Å². The van der Waals surface area contributed by atoms with E-state index in [0.29, 0.717) is 5.82 Å². The molecule has 2 N–H and O–H groups in total. The molecule has 0 aliphatic carbocycles. The molecule has 128 valence electrons. The quantitative estimate of drug-likeness (QED) is 0.780. The lowest BCUT2D eigenvalue weighted by atomic mass is 10.3. The average molecular weight is 335 g/mol. The number of nitrogen functional groups attached to an aromatic ring is 1. The van der Waals surface area contributed by atoms with Gasteiger partial charge in [0, 0.05) is 32.7 Å². The molecule has 7 nitrogen and oxygen atoms in total. The second kappa shape index (κ2) is 6.90. The number of anilines is 2. The first kappa shape index (κ1) is 15.6. The predicted molar refractivity (Wildman–Crippen MR) is 97.5 cm³/mol. The van der Waals surface area contributed by atoms with Gasteiger partial charge in [-0.3, -0.25) is 4.90 Å². The van der Waals surface area contributed by atoms with Crippen LogP contribution in [0, 0.1) is 0 Å². The summed E-state index contributed by atoms with van der Waals surface area (Å²) in [6.07, 6.45) is 2.00. The van der Waals surface area contributed by atoms with E-state index in [-0.39, 0.29) is 0 Å². The highest BCUT2D eigenvalue weighted by molar-refractivity contribution is 5.45. The molecule has 0 bridgehead atoms. The van der Waals surface area contributed by atoms with Crippen LogP contribution in [0.2, 0.25) is 0 Å². The van der Waals surface area contributed by atoms with Crippen LogP contribution in [0.5, 0.6) is 0 Å². The molecule has 0 radical (unpaired) electrons. The van der Waals surface area contributed by atoms with Crippen molar-refractivity contribution in [3.05, 3.63) is 60.4 Å². The van der Waals surface area contributed by atoms with Crippen molar-refractivity contribution in [3.8, 4) is 5.69 Å². The number of nitrogens with zero attached hydrogens (tertiary/aromatic N) is 6. The molecule has 1 fully saturated rings. The Morgan fingerprint density at radius 3 is 2.48 bits per heavy atom. The molecule has 2 aromatic heterocycles. The third kappa shape index (κ3) is 3.61. The van der Waals surface area contributed by atoms with E-state index in [4.69, 9.17) is 5.73 Å². The minimum Gasteiger partial charge on any atom is -0.384 e. The lowest BCUT2D eigenvalue weighted by molar-refractivity contribution is 0.246. The third-order valence-electron chi connectivity index (χ3n) is 4.40. The Bertz CT molecular complexity index is 822. The van der Waals surface area contributed by atoms with Gasteiger partial charge in [0.25, 0.3) is 0 Å². The summed E-state index contributed by atoms with van der Waals surface area (Å²) in [4.78, 5) is 9.06. The molecule has 0 amide bonds. The molecule has 25 heavy (non-hydrogen) atoms. The third-order valence-corrected chi connectivity index (χ3v) is 4.40. The van der Waals surface area contributed by atoms with Crippen LogP contribution in [0.25, 0.3) is 5.69 Å². The van der Waals surface area contributed by atoms with Crippen molar-refractivity contribution < 1.29 is 0 Å². The Hall–Kier alpha value is -2.93. The molecule has 1 aliphatic heterocycles. The minimum atomic E-state index is 0.567. The van der Waals surface area contributed by atoms with Crippen LogP contribution >= 0.6 is 0 Å². The molecule has 0 atom stereocenters. The van der Waals surface area contributed by atoms with Crippen LogP contribution in [-0.4, -0.2) is 51.1 Å². The summed E-state index contributed by atoms with van der Waals surface area (Å²) in [5.41, 5.74) is 7.79. The number of benzene rings is 1. The predicted octanol–water partition coefficient (Wildman–Crippen LogP) is 1.57. The van der Waals surface area contributed by atoms with E-state index in [1.807, 2.05) is 59.4 Å². The summed E-state index contributed by atoms with van der Waals surface area (Å²) in [5, 5.41) is 8.53. The fourth-order valence-electron chi connectivity index (χ4n) is 3.06. The SMILES string of the molecule is Nc1cccc(N2CCN(Cc3cn(-c4ccccc4)nn3)CC2)n1. The Balaban J connectivity index is 1.35. The molecule has 1 saturated heterocycles. The highest BCUT2D eigenvalue weighted by atomic mass is 15.4. The smallest absolute Gasteiger partial charge is 0.131 e. The van der Waals surface area contributed by atoms with E-state index in [1.165, 1.54) is 0 Å². The summed E-state index contributed by atoms with van der Waals surface area (Å²) in [7, 11) is 0. The average Bonchev–Trinajstić information content (AvgIpc) is 3.12. The zero-order valence-corrected chi connectivity index (χ0v) is 14.0. The molecule has 0 saturated carbocycles. The van der Waals surface area contributed by atoms with Crippen LogP contribution in [0.3, 0.4) is 0 Å². The van der Waals surface area contributed by atoms with Crippen molar-refractivity contribution in [1.82, 2.24) is 24.9 Å². The van der Waals surface area contributed by atoms with Crippen LogP contribution in [0.4, 0.5) is 11.6 Å². The standard InChI is InChI=1S/C18H21N7/c19-17-7-4-8-18(20-17)24-11-9-23(10-12-24)13-15-14-25(22-21-15)16-5-2-1-3-6-16/h1-8,14H,9-13H2,(H2,19,20). The fourth-order valence-corrected chi connectivity index (χ4v) is 3.06. The number of rotatable bonds is 4. The number of hydrogen-bond acceptors (Lipinski definition) is 6. The van der Waals surface area contributed by atoms with Crippen molar-refractivity contribution in [2.75, 3.05) is 36.8 Å². The van der Waals surface area contributed by atoms with E-state index < -0.39 is 0 Å². The van der Waals surface area contributed by atoms with Gasteiger partial charge in [0.05, 0.1) is 17.6 Å². The lowest BCUT2D eigenvalue weighted by Gasteiger charge is -2.35. The van der Waals surface area contributed by atoms with Gasteiger partial charge in [-0.05, 0) is 24.3 Å². The van der Waals surface area contributed by atoms with Crippen molar-refractivity contribution in [2.24, 2.45) is 0 Å². The molecule has 1 aliphatic rings. The van der Waals surface area contributed by atoms with Gasteiger partial charge in [-0.25, -0.2) is 9.67 Å². The molecule has 0 unspecified atom stereocenters. The van der Waals surface area contributed by atoms with Gasteiger partial charge >= 0.3 is 0 Å². The van der Waals surface area contributed by atoms with Crippen molar-refractivity contribution >= 4 is 11.6 Å². The van der Waals surface area contributed by atoms with Gasteiger partial charge in [-0.2, -0.15) is 0 Å². The second-order valence-electron chi connectivity index (χ2n) is 6.17. The normalized spacial score (nSPS) is 15.4. The highest BCUT2D eigenvalue weighted by Crippen LogP contribution is 2.16. The largest absolute Gasteiger partial charge is 0.384 e. The number of aromatic nitrogens is 4. The molecule has 7 heteroatoms. The number of hydrogen-bond donors (Lipinski definition) is 1. The summed E-state index contributed by atoms with van der Waals surface area (Å²) in [6, 6.07) is 15.8. The van der Waals surface area contributed by atoms with Gasteiger partial charge < -0.3 is 10.6 Å². The van der Waals surface area contributed by atoms with E-state index in [2.05, 4.69) is 25.1 Å². The van der Waals surface area contributed by atoms with E-state index >= 15 is 0 Å². The maximum Gasteiger partial charge on any atom is 0.131 e. The molecule has 3 aromatic rings. The summed E-state index contributed by atoms with van der Waals surface area (Å²) >= 11 is 0. The highest BCUT2D eigenvalue weighted by Gasteiger charge is 2.19. The van der Waals surface area contributed by atoms with Crippen molar-refractivity contribution in [1.29, 1.82) is 0 Å². The maximum atomic E-state index is 5.78. The fraction of sp³-hybridized carbons (Fsp3) is 0.278. The molecular weight excluding hydrogens is 314 g/mol. The van der Waals surface area contributed by atoms with Crippen LogP contribution in [-0.2, 0) is 6.54 Å². The van der Waals surface area contributed by atoms with Gasteiger partial charge in [0.2, 0.25) is 0 Å². The number of para-hydroxylation sites is 1. The topological polar surface area (TPSA) is 76.1 Å². The Labute approximate surface area is 146 Å². The van der Waals surface area contributed by atoms with E-state index in [1.54, 1.807) is 0 Å². The first-order valence-corrected chi connectivity index (χ1v) is 8.44.